The van der Waals surface area contributed by atoms with Gasteiger partial charge < -0.3 is 16.0 Å². The summed E-state index contributed by atoms with van der Waals surface area (Å²) in [6.45, 7) is 5.53. The summed E-state index contributed by atoms with van der Waals surface area (Å²) in [4.78, 5) is 22.6. The van der Waals surface area contributed by atoms with Crippen molar-refractivity contribution in [2.24, 2.45) is 10.7 Å². The number of amidine groups is 1. The number of hydrogen-bond acceptors (Lipinski definition) is 4. The van der Waals surface area contributed by atoms with Crippen LogP contribution in [0.3, 0.4) is 0 Å². The number of carbonyl (C=O) groups is 1. The van der Waals surface area contributed by atoms with Crippen LogP contribution in [0, 0.1) is 6.92 Å². The zero-order valence-corrected chi connectivity index (χ0v) is 16.5. The van der Waals surface area contributed by atoms with Crippen molar-refractivity contribution in [3.63, 3.8) is 0 Å². The van der Waals surface area contributed by atoms with E-state index in [1.807, 2.05) is 49.4 Å². The lowest BCUT2D eigenvalue weighted by Crippen LogP contribution is -2.41. The highest BCUT2D eigenvalue weighted by molar-refractivity contribution is 6.00. The molecule has 1 amide bonds. The van der Waals surface area contributed by atoms with Crippen molar-refractivity contribution in [2.75, 3.05) is 19.6 Å². The topological polar surface area (TPSA) is 83.6 Å². The molecule has 146 valence electrons. The maximum Gasteiger partial charge on any atom is 0.219 e. The van der Waals surface area contributed by atoms with Crippen molar-refractivity contribution in [3.8, 4) is 0 Å². The first-order valence-electron chi connectivity index (χ1n) is 9.55. The number of carbonyl (C=O) groups excluding carboxylic acids is 1. The lowest BCUT2D eigenvalue weighted by atomic mass is 10.0. The molecule has 6 nitrogen and oxygen atoms in total. The maximum atomic E-state index is 11.9. The van der Waals surface area contributed by atoms with Crippen molar-refractivity contribution < 1.29 is 4.79 Å². The molecule has 0 saturated carbocycles. The maximum absolute atomic E-state index is 11.9. The number of rotatable bonds is 6. The van der Waals surface area contributed by atoms with E-state index in [1.54, 1.807) is 18.0 Å². The molecule has 0 unspecified atom stereocenters. The second-order valence-corrected chi connectivity index (χ2v) is 6.98. The number of benzene rings is 1. The van der Waals surface area contributed by atoms with Crippen LogP contribution in [0.1, 0.15) is 24.6 Å². The van der Waals surface area contributed by atoms with Crippen LogP contribution in [0.5, 0.6) is 0 Å². The second kappa shape index (κ2) is 9.17. The standard InChI is InChI=1S/C22H27N5O/c1-16-6-5-8-19(14-16)26-22(23)20-15-27(17(2)28)13-10-21(20)25-12-9-18-7-3-4-11-24-18/h3-8,11,14,25H,9-10,12-13,15H2,1-2H3,(H2,23,26). The fourth-order valence-corrected chi connectivity index (χ4v) is 3.25. The lowest BCUT2D eigenvalue weighted by molar-refractivity contribution is -0.128. The average molecular weight is 377 g/mol. The highest BCUT2D eigenvalue weighted by atomic mass is 16.2. The molecule has 2 aromatic rings. The smallest absolute Gasteiger partial charge is 0.219 e. The summed E-state index contributed by atoms with van der Waals surface area (Å²) in [7, 11) is 0. The highest BCUT2D eigenvalue weighted by Crippen LogP contribution is 2.20. The first kappa shape index (κ1) is 19.6. The van der Waals surface area contributed by atoms with Gasteiger partial charge in [0.2, 0.25) is 5.91 Å². The lowest BCUT2D eigenvalue weighted by Gasteiger charge is -2.30. The zero-order chi connectivity index (χ0) is 19.9. The van der Waals surface area contributed by atoms with Gasteiger partial charge in [0.1, 0.15) is 5.84 Å². The summed E-state index contributed by atoms with van der Waals surface area (Å²) in [6, 6.07) is 13.8. The van der Waals surface area contributed by atoms with Gasteiger partial charge in [-0.1, -0.05) is 18.2 Å². The first-order valence-corrected chi connectivity index (χ1v) is 9.55. The molecule has 1 aliphatic heterocycles. The van der Waals surface area contributed by atoms with Crippen LogP contribution in [-0.2, 0) is 11.2 Å². The molecular formula is C22H27N5O. The molecule has 0 spiro atoms. The largest absolute Gasteiger partial charge is 0.388 e. The molecule has 0 saturated heterocycles. The molecule has 1 aliphatic rings. The van der Waals surface area contributed by atoms with Gasteiger partial charge in [-0.25, -0.2) is 4.99 Å². The van der Waals surface area contributed by atoms with E-state index in [0.29, 0.717) is 18.9 Å². The summed E-state index contributed by atoms with van der Waals surface area (Å²) in [5.74, 6) is 0.505. The van der Waals surface area contributed by atoms with Crippen LogP contribution >= 0.6 is 0 Å². The summed E-state index contributed by atoms with van der Waals surface area (Å²) in [5.41, 5.74) is 11.3. The third kappa shape index (κ3) is 5.19. The molecule has 1 aromatic carbocycles. The summed E-state index contributed by atoms with van der Waals surface area (Å²) >= 11 is 0. The van der Waals surface area contributed by atoms with Crippen LogP contribution in [0.4, 0.5) is 5.69 Å². The fourth-order valence-electron chi connectivity index (χ4n) is 3.25. The number of aliphatic imine (C=N–C) groups is 1. The Balaban J connectivity index is 1.80. The molecule has 0 aliphatic carbocycles. The number of nitrogens with zero attached hydrogens (tertiary/aromatic N) is 3. The first-order chi connectivity index (χ1) is 13.5. The molecule has 6 heteroatoms. The van der Waals surface area contributed by atoms with Gasteiger partial charge in [0.15, 0.2) is 0 Å². The monoisotopic (exact) mass is 377 g/mol. The van der Waals surface area contributed by atoms with Crippen LogP contribution in [-0.4, -0.2) is 41.3 Å². The van der Waals surface area contributed by atoms with Crippen LogP contribution in [0.25, 0.3) is 0 Å². The molecule has 1 aromatic heterocycles. The van der Waals surface area contributed by atoms with Gasteiger partial charge in [0, 0.05) is 56.0 Å². The zero-order valence-electron chi connectivity index (χ0n) is 16.5. The van der Waals surface area contributed by atoms with Crippen molar-refractivity contribution in [3.05, 3.63) is 71.2 Å². The summed E-state index contributed by atoms with van der Waals surface area (Å²) in [6.07, 6.45) is 3.36. The Morgan fingerprint density at radius 3 is 2.86 bits per heavy atom. The highest BCUT2D eigenvalue weighted by Gasteiger charge is 2.23. The van der Waals surface area contributed by atoms with Gasteiger partial charge in [0.25, 0.3) is 0 Å². The number of amides is 1. The number of aromatic nitrogens is 1. The van der Waals surface area contributed by atoms with Crippen molar-refractivity contribution in [1.29, 1.82) is 0 Å². The Kier molecular flexibility index (Phi) is 6.42. The number of hydrogen-bond donors (Lipinski definition) is 2. The summed E-state index contributed by atoms with van der Waals surface area (Å²) in [5, 5.41) is 3.50. The molecule has 3 rings (SSSR count). The minimum atomic E-state index is 0.0494. The van der Waals surface area contributed by atoms with Crippen LogP contribution in [0.15, 0.2) is 64.9 Å². The van der Waals surface area contributed by atoms with E-state index >= 15 is 0 Å². The van der Waals surface area contributed by atoms with Crippen molar-refractivity contribution in [1.82, 2.24) is 15.2 Å². The molecule has 2 heterocycles. The van der Waals surface area contributed by atoms with Crippen LogP contribution in [0.2, 0.25) is 0 Å². The molecule has 0 radical (unpaired) electrons. The van der Waals surface area contributed by atoms with Crippen molar-refractivity contribution in [2.45, 2.75) is 26.7 Å². The Morgan fingerprint density at radius 2 is 2.14 bits per heavy atom. The molecule has 3 N–H and O–H groups in total. The second-order valence-electron chi connectivity index (χ2n) is 6.98. The SMILES string of the molecule is CC(=O)N1CCC(NCCc2ccccn2)=C(C(N)=Nc2cccc(C)c2)C1. The van der Waals surface area contributed by atoms with E-state index in [-0.39, 0.29) is 5.91 Å². The minimum absolute atomic E-state index is 0.0494. The quantitative estimate of drug-likeness (QED) is 0.599. The third-order valence-electron chi connectivity index (χ3n) is 4.80. The van der Waals surface area contributed by atoms with E-state index in [4.69, 9.17) is 5.73 Å². The van der Waals surface area contributed by atoms with E-state index in [9.17, 15) is 4.79 Å². The van der Waals surface area contributed by atoms with Gasteiger partial charge in [-0.3, -0.25) is 9.78 Å². The Bertz CT molecular complexity index is 889. The third-order valence-corrected chi connectivity index (χ3v) is 4.80. The number of pyridine rings is 1. The average Bonchev–Trinajstić information content (AvgIpc) is 2.69. The van der Waals surface area contributed by atoms with E-state index in [1.165, 1.54) is 0 Å². The predicted molar refractivity (Wildman–Crippen MR) is 112 cm³/mol. The Hall–Kier alpha value is -3.15. The predicted octanol–water partition coefficient (Wildman–Crippen LogP) is 2.72. The number of aryl methyl sites for hydroxylation is 1. The van der Waals surface area contributed by atoms with Gasteiger partial charge in [-0.15, -0.1) is 0 Å². The van der Waals surface area contributed by atoms with Gasteiger partial charge >= 0.3 is 0 Å². The molecule has 0 atom stereocenters. The Morgan fingerprint density at radius 1 is 1.29 bits per heavy atom. The summed E-state index contributed by atoms with van der Waals surface area (Å²) < 4.78 is 0. The minimum Gasteiger partial charge on any atom is -0.388 e. The van der Waals surface area contributed by atoms with Crippen LogP contribution < -0.4 is 11.1 Å². The molecular weight excluding hydrogens is 350 g/mol. The van der Waals surface area contributed by atoms with E-state index < -0.39 is 0 Å². The number of nitrogens with one attached hydrogen (secondary N) is 1. The van der Waals surface area contributed by atoms with Crippen molar-refractivity contribution >= 4 is 17.4 Å². The number of nitrogens with two attached hydrogens (primary N) is 1. The Labute approximate surface area is 166 Å². The molecule has 0 bridgehead atoms. The van der Waals surface area contributed by atoms with Gasteiger partial charge in [-0.05, 0) is 36.8 Å². The van der Waals surface area contributed by atoms with Gasteiger partial charge in [0.05, 0.1) is 12.2 Å². The fraction of sp³-hybridized carbons (Fsp3) is 0.318. The normalized spacial score (nSPS) is 14.9. The van der Waals surface area contributed by atoms with E-state index in [2.05, 4.69) is 15.3 Å². The van der Waals surface area contributed by atoms with E-state index in [0.717, 1.165) is 47.6 Å². The molecule has 0 fully saturated rings. The van der Waals surface area contributed by atoms with Gasteiger partial charge in [-0.2, -0.15) is 0 Å². The molecule has 28 heavy (non-hydrogen) atoms.